The molecule has 0 aliphatic carbocycles. The summed E-state index contributed by atoms with van der Waals surface area (Å²) in [6.07, 6.45) is 0. The molecule has 1 aliphatic heterocycles. The van der Waals surface area contributed by atoms with E-state index in [1.165, 1.54) is 23.5 Å². The van der Waals surface area contributed by atoms with E-state index in [0.29, 0.717) is 0 Å². The monoisotopic (exact) mass is 358 g/mol. The van der Waals surface area contributed by atoms with Gasteiger partial charge in [0.05, 0.1) is 16.3 Å². The first kappa shape index (κ1) is 16.2. The Balaban J connectivity index is 1.69. The average molecular weight is 358 g/mol. The predicted molar refractivity (Wildman–Crippen MR) is 97.0 cm³/mol. The first-order chi connectivity index (χ1) is 12.0. The van der Waals surface area contributed by atoms with E-state index >= 15 is 0 Å². The number of benzene rings is 1. The topological polar surface area (TPSA) is 41.4 Å². The summed E-state index contributed by atoms with van der Waals surface area (Å²) in [6.45, 7) is 5.25. The van der Waals surface area contributed by atoms with Gasteiger partial charge in [-0.1, -0.05) is 0 Å². The third-order valence-electron chi connectivity index (χ3n) is 4.62. The fourth-order valence-corrected chi connectivity index (χ4v) is 4.23. The molecule has 1 amide bonds. The lowest BCUT2D eigenvalue weighted by atomic mass is 10.2. The number of hydrogen-bond donors (Lipinski definition) is 0. The second kappa shape index (κ2) is 6.24. The Morgan fingerprint density at radius 2 is 1.84 bits per heavy atom. The molecule has 5 nitrogen and oxygen atoms in total. The predicted octanol–water partition coefficient (Wildman–Crippen LogP) is 2.92. The van der Waals surface area contributed by atoms with Crippen LogP contribution in [0.15, 0.2) is 30.3 Å². The van der Waals surface area contributed by atoms with E-state index in [9.17, 15) is 9.18 Å². The van der Waals surface area contributed by atoms with Crippen LogP contribution in [0.3, 0.4) is 0 Å². The quantitative estimate of drug-likeness (QED) is 0.707. The van der Waals surface area contributed by atoms with Crippen LogP contribution < -0.4 is 0 Å². The molecular formula is C18H19FN4OS. The van der Waals surface area contributed by atoms with Crippen molar-refractivity contribution in [3.05, 3.63) is 46.7 Å². The van der Waals surface area contributed by atoms with Crippen molar-refractivity contribution in [2.75, 3.05) is 33.2 Å². The molecule has 3 aromatic rings. The van der Waals surface area contributed by atoms with E-state index in [-0.39, 0.29) is 11.7 Å². The summed E-state index contributed by atoms with van der Waals surface area (Å²) in [5.74, 6) is -0.194. The lowest BCUT2D eigenvalue weighted by Crippen LogP contribution is -2.46. The molecule has 0 spiro atoms. The molecule has 4 rings (SSSR count). The van der Waals surface area contributed by atoms with Gasteiger partial charge in [0.25, 0.3) is 5.91 Å². The second-order valence-electron chi connectivity index (χ2n) is 6.40. The van der Waals surface area contributed by atoms with Gasteiger partial charge in [-0.3, -0.25) is 4.79 Å². The number of nitrogens with zero attached hydrogens (tertiary/aromatic N) is 4. The molecular weight excluding hydrogens is 339 g/mol. The Bertz CT molecular complexity index is 923. The van der Waals surface area contributed by atoms with Crippen molar-refractivity contribution in [2.24, 2.45) is 0 Å². The van der Waals surface area contributed by atoms with Gasteiger partial charge in [0.1, 0.15) is 10.6 Å². The number of aryl methyl sites for hydroxylation is 1. The molecule has 1 fully saturated rings. The van der Waals surface area contributed by atoms with Crippen molar-refractivity contribution in [2.45, 2.75) is 6.92 Å². The SMILES string of the molecule is Cc1nn(-c2ccc(F)cc2)c2sc(C(=O)N3CCN(C)CC3)cc12. The Kier molecular flexibility index (Phi) is 4.05. The zero-order valence-corrected chi connectivity index (χ0v) is 15.0. The van der Waals surface area contributed by atoms with E-state index in [4.69, 9.17) is 0 Å². The van der Waals surface area contributed by atoms with Crippen molar-refractivity contribution in [3.63, 3.8) is 0 Å². The molecule has 130 valence electrons. The number of hydrogen-bond acceptors (Lipinski definition) is 4. The molecule has 0 N–H and O–H groups in total. The van der Waals surface area contributed by atoms with Crippen LogP contribution in [0, 0.1) is 12.7 Å². The number of thiophene rings is 1. The van der Waals surface area contributed by atoms with Crippen LogP contribution in [0.1, 0.15) is 15.4 Å². The molecule has 7 heteroatoms. The lowest BCUT2D eigenvalue weighted by molar-refractivity contribution is 0.0669. The molecule has 0 saturated carbocycles. The van der Waals surface area contributed by atoms with E-state index in [1.54, 1.807) is 16.8 Å². The van der Waals surface area contributed by atoms with Crippen LogP contribution >= 0.6 is 11.3 Å². The minimum atomic E-state index is -0.277. The van der Waals surface area contributed by atoms with Crippen molar-refractivity contribution in [1.29, 1.82) is 0 Å². The highest BCUT2D eigenvalue weighted by Gasteiger charge is 2.23. The highest BCUT2D eigenvalue weighted by atomic mass is 32.1. The van der Waals surface area contributed by atoms with Gasteiger partial charge in [-0.05, 0) is 44.3 Å². The Hall–Kier alpha value is -2.25. The maximum Gasteiger partial charge on any atom is 0.264 e. The Labute approximate surface area is 149 Å². The summed E-state index contributed by atoms with van der Waals surface area (Å²) in [6, 6.07) is 8.17. The highest BCUT2D eigenvalue weighted by Crippen LogP contribution is 2.31. The van der Waals surface area contributed by atoms with Crippen LogP contribution in [-0.2, 0) is 0 Å². The third-order valence-corrected chi connectivity index (χ3v) is 5.72. The first-order valence-corrected chi connectivity index (χ1v) is 9.07. The van der Waals surface area contributed by atoms with Gasteiger partial charge in [-0.2, -0.15) is 5.10 Å². The van der Waals surface area contributed by atoms with E-state index in [1.807, 2.05) is 17.9 Å². The lowest BCUT2D eigenvalue weighted by Gasteiger charge is -2.32. The van der Waals surface area contributed by atoms with Crippen molar-refractivity contribution in [1.82, 2.24) is 19.6 Å². The zero-order valence-electron chi connectivity index (χ0n) is 14.2. The maximum absolute atomic E-state index is 13.2. The highest BCUT2D eigenvalue weighted by molar-refractivity contribution is 7.20. The fraction of sp³-hybridized carbons (Fsp3) is 0.333. The van der Waals surface area contributed by atoms with Crippen LogP contribution in [0.5, 0.6) is 0 Å². The van der Waals surface area contributed by atoms with Crippen LogP contribution in [0.2, 0.25) is 0 Å². The molecule has 1 aliphatic rings. The summed E-state index contributed by atoms with van der Waals surface area (Å²) < 4.78 is 15.0. The number of amides is 1. The van der Waals surface area contributed by atoms with Gasteiger partial charge >= 0.3 is 0 Å². The number of halogens is 1. The molecule has 1 saturated heterocycles. The van der Waals surface area contributed by atoms with Gasteiger partial charge in [0.2, 0.25) is 0 Å². The summed E-state index contributed by atoms with van der Waals surface area (Å²) in [5.41, 5.74) is 1.66. The maximum atomic E-state index is 13.2. The molecule has 0 bridgehead atoms. The summed E-state index contributed by atoms with van der Waals surface area (Å²) in [5, 5.41) is 5.52. The molecule has 0 unspecified atom stereocenters. The average Bonchev–Trinajstić information content (AvgIpc) is 3.17. The minimum absolute atomic E-state index is 0.0827. The number of piperazine rings is 1. The van der Waals surface area contributed by atoms with Crippen molar-refractivity contribution >= 4 is 27.5 Å². The third kappa shape index (κ3) is 2.94. The molecule has 3 heterocycles. The molecule has 0 radical (unpaired) electrons. The standard InChI is InChI=1S/C18H19FN4OS/c1-12-15-11-16(17(24)22-9-7-21(2)8-10-22)25-18(15)23(20-12)14-5-3-13(19)4-6-14/h3-6,11H,7-10H2,1-2H3. The number of carbonyl (C=O) groups excluding carboxylic acids is 1. The van der Waals surface area contributed by atoms with Gasteiger partial charge in [-0.15, -0.1) is 11.3 Å². The number of aromatic nitrogens is 2. The minimum Gasteiger partial charge on any atom is -0.335 e. The van der Waals surface area contributed by atoms with Gasteiger partial charge in [0.15, 0.2) is 0 Å². The Morgan fingerprint density at radius 1 is 1.16 bits per heavy atom. The molecule has 25 heavy (non-hydrogen) atoms. The van der Waals surface area contributed by atoms with Gasteiger partial charge < -0.3 is 9.80 Å². The van der Waals surface area contributed by atoms with E-state index in [0.717, 1.165) is 52.7 Å². The summed E-state index contributed by atoms with van der Waals surface area (Å²) in [7, 11) is 2.07. The number of carbonyl (C=O) groups is 1. The molecule has 2 aromatic heterocycles. The normalized spacial score (nSPS) is 15.9. The molecule has 1 aromatic carbocycles. The molecule has 0 atom stereocenters. The number of likely N-dealkylation sites (N-methyl/N-ethyl adjacent to an activating group) is 1. The Morgan fingerprint density at radius 3 is 2.52 bits per heavy atom. The summed E-state index contributed by atoms with van der Waals surface area (Å²) >= 11 is 1.45. The van der Waals surface area contributed by atoms with Gasteiger partial charge in [0, 0.05) is 31.6 Å². The van der Waals surface area contributed by atoms with Crippen LogP contribution in [0.4, 0.5) is 4.39 Å². The van der Waals surface area contributed by atoms with Crippen LogP contribution in [-0.4, -0.2) is 58.7 Å². The fourth-order valence-electron chi connectivity index (χ4n) is 3.08. The largest absolute Gasteiger partial charge is 0.335 e. The van der Waals surface area contributed by atoms with Crippen molar-refractivity contribution in [3.8, 4) is 5.69 Å². The first-order valence-electron chi connectivity index (χ1n) is 8.26. The van der Waals surface area contributed by atoms with Crippen molar-refractivity contribution < 1.29 is 9.18 Å². The van der Waals surface area contributed by atoms with E-state index < -0.39 is 0 Å². The van der Waals surface area contributed by atoms with E-state index in [2.05, 4.69) is 17.0 Å². The summed E-state index contributed by atoms with van der Waals surface area (Å²) in [4.78, 5) is 18.6. The van der Waals surface area contributed by atoms with Gasteiger partial charge in [-0.25, -0.2) is 9.07 Å². The second-order valence-corrected chi connectivity index (χ2v) is 7.43. The number of rotatable bonds is 2. The number of fused-ring (bicyclic) bond motifs is 1. The zero-order chi connectivity index (χ0) is 17.6. The van der Waals surface area contributed by atoms with Crippen LogP contribution in [0.25, 0.3) is 15.9 Å². The smallest absolute Gasteiger partial charge is 0.264 e.